The highest BCUT2D eigenvalue weighted by atomic mass is 32.2. The van der Waals surface area contributed by atoms with E-state index >= 15 is 0 Å². The lowest BCUT2D eigenvalue weighted by Gasteiger charge is -2.28. The first-order valence-electron chi connectivity index (χ1n) is 7.62. The first-order valence-corrected chi connectivity index (χ1v) is 9.71. The molecule has 7 heteroatoms. The molecule has 5 nitrogen and oxygen atoms in total. The first-order chi connectivity index (χ1) is 11.7. The van der Waals surface area contributed by atoms with Gasteiger partial charge in [-0.3, -0.25) is 14.5 Å². The fourth-order valence-corrected chi connectivity index (χ4v) is 3.93. The predicted molar refractivity (Wildman–Crippen MR) is 97.8 cm³/mol. The van der Waals surface area contributed by atoms with Crippen molar-refractivity contribution >= 4 is 40.6 Å². The molecule has 0 saturated carbocycles. The summed E-state index contributed by atoms with van der Waals surface area (Å²) < 4.78 is 5.37. The lowest BCUT2D eigenvalue weighted by molar-refractivity contribution is -0.125. The third-order valence-electron chi connectivity index (χ3n) is 3.53. The van der Waals surface area contributed by atoms with Crippen LogP contribution in [0.4, 0.5) is 5.69 Å². The highest BCUT2D eigenvalue weighted by Gasteiger charge is 2.26. The van der Waals surface area contributed by atoms with Crippen molar-refractivity contribution in [3.05, 3.63) is 46.7 Å². The molecule has 1 aliphatic rings. The van der Waals surface area contributed by atoms with Crippen LogP contribution in [0.25, 0.3) is 0 Å². The summed E-state index contributed by atoms with van der Waals surface area (Å²) in [6.07, 6.45) is 0. The monoisotopic (exact) mass is 362 g/mol. The largest absolute Gasteiger partial charge is 0.482 e. The number of carbonyl (C=O) groups is 2. The molecule has 1 aromatic heterocycles. The number of para-hydroxylation sites is 2. The van der Waals surface area contributed by atoms with E-state index in [1.54, 1.807) is 35.2 Å². The molecule has 0 radical (unpaired) electrons. The number of fused-ring (bicyclic) bond motifs is 1. The number of carbonyl (C=O) groups excluding carboxylic acids is 2. The summed E-state index contributed by atoms with van der Waals surface area (Å²) >= 11 is 3.47. The topological polar surface area (TPSA) is 58.6 Å². The molecule has 1 aromatic carbocycles. The molecule has 0 unspecified atom stereocenters. The molecule has 0 aliphatic carbocycles. The summed E-state index contributed by atoms with van der Waals surface area (Å²) in [5, 5.41) is 7.07. The normalized spacial score (nSPS) is 13.3. The summed E-state index contributed by atoms with van der Waals surface area (Å²) in [6.45, 7) is 0.586. The van der Waals surface area contributed by atoms with E-state index in [2.05, 4.69) is 22.1 Å². The zero-order valence-corrected chi connectivity index (χ0v) is 14.7. The molecule has 3 rings (SSSR count). The van der Waals surface area contributed by atoms with Crippen LogP contribution in [0.2, 0.25) is 0 Å². The van der Waals surface area contributed by atoms with Crippen molar-refractivity contribution in [2.45, 2.75) is 5.75 Å². The number of nitrogens with one attached hydrogen (secondary N) is 1. The Labute approximate surface area is 149 Å². The van der Waals surface area contributed by atoms with E-state index in [-0.39, 0.29) is 25.0 Å². The Morgan fingerprint density at radius 1 is 1.33 bits per heavy atom. The maximum absolute atomic E-state index is 12.1. The zero-order valence-electron chi connectivity index (χ0n) is 13.1. The van der Waals surface area contributed by atoms with Crippen LogP contribution >= 0.6 is 23.1 Å². The Kier molecular flexibility index (Phi) is 5.77. The third-order valence-corrected chi connectivity index (χ3v) is 5.29. The average Bonchev–Trinajstić information content (AvgIpc) is 3.10. The summed E-state index contributed by atoms with van der Waals surface area (Å²) in [7, 11) is 0. The number of benzene rings is 1. The van der Waals surface area contributed by atoms with Gasteiger partial charge in [0, 0.05) is 18.1 Å². The van der Waals surface area contributed by atoms with Crippen molar-refractivity contribution in [2.24, 2.45) is 0 Å². The molecule has 0 saturated heterocycles. The van der Waals surface area contributed by atoms with Crippen LogP contribution in [-0.4, -0.2) is 37.3 Å². The van der Waals surface area contributed by atoms with E-state index in [4.69, 9.17) is 4.74 Å². The second kappa shape index (κ2) is 8.21. The zero-order chi connectivity index (χ0) is 16.8. The number of ether oxygens (including phenoxy) is 1. The smallest absolute Gasteiger partial charge is 0.265 e. The van der Waals surface area contributed by atoms with Crippen molar-refractivity contribution in [2.75, 3.05) is 30.3 Å². The molecule has 2 amide bonds. The van der Waals surface area contributed by atoms with Crippen molar-refractivity contribution in [1.29, 1.82) is 0 Å². The molecule has 2 heterocycles. The number of amides is 2. The second-order valence-corrected chi connectivity index (χ2v) is 7.16. The average molecular weight is 362 g/mol. The van der Waals surface area contributed by atoms with Gasteiger partial charge in [-0.1, -0.05) is 12.1 Å². The minimum absolute atomic E-state index is 0.0222. The number of thioether (sulfide) groups is 1. The predicted octanol–water partition coefficient (Wildman–Crippen LogP) is 2.52. The molecule has 1 aliphatic heterocycles. The molecule has 0 bridgehead atoms. The van der Waals surface area contributed by atoms with Gasteiger partial charge in [0.15, 0.2) is 6.61 Å². The molecule has 126 valence electrons. The fourth-order valence-electron chi connectivity index (χ4n) is 2.35. The number of nitrogens with zero attached hydrogens (tertiary/aromatic N) is 1. The Morgan fingerprint density at radius 2 is 2.21 bits per heavy atom. The SMILES string of the molecule is O=C(CN1C(=O)COc2ccccc21)NCCSCc1ccsc1. The fraction of sp³-hybridized carbons (Fsp3) is 0.294. The van der Waals surface area contributed by atoms with Crippen LogP contribution in [0.5, 0.6) is 5.75 Å². The molecular formula is C17H18N2O3S2. The Balaban J connectivity index is 1.44. The molecule has 1 N–H and O–H groups in total. The lowest BCUT2D eigenvalue weighted by atomic mass is 10.2. The van der Waals surface area contributed by atoms with Crippen LogP contribution in [0.15, 0.2) is 41.1 Å². The van der Waals surface area contributed by atoms with Gasteiger partial charge in [-0.2, -0.15) is 23.1 Å². The van der Waals surface area contributed by atoms with E-state index in [0.29, 0.717) is 18.0 Å². The Morgan fingerprint density at radius 3 is 3.04 bits per heavy atom. The van der Waals surface area contributed by atoms with E-state index in [1.165, 1.54) is 10.5 Å². The van der Waals surface area contributed by atoms with E-state index in [0.717, 1.165) is 11.5 Å². The molecule has 24 heavy (non-hydrogen) atoms. The van der Waals surface area contributed by atoms with Gasteiger partial charge in [0.05, 0.1) is 5.69 Å². The summed E-state index contributed by atoms with van der Waals surface area (Å²) in [5.74, 6) is 2.08. The highest BCUT2D eigenvalue weighted by Crippen LogP contribution is 2.31. The van der Waals surface area contributed by atoms with Crippen molar-refractivity contribution in [3.8, 4) is 5.75 Å². The van der Waals surface area contributed by atoms with Crippen LogP contribution in [0.3, 0.4) is 0 Å². The van der Waals surface area contributed by atoms with Crippen LogP contribution in [-0.2, 0) is 15.3 Å². The Hall–Kier alpha value is -1.99. The highest BCUT2D eigenvalue weighted by molar-refractivity contribution is 7.98. The summed E-state index contributed by atoms with van der Waals surface area (Å²) in [6, 6.07) is 9.37. The second-order valence-electron chi connectivity index (χ2n) is 5.27. The third kappa shape index (κ3) is 4.30. The van der Waals surface area contributed by atoms with Gasteiger partial charge >= 0.3 is 0 Å². The summed E-state index contributed by atoms with van der Waals surface area (Å²) in [5.41, 5.74) is 1.96. The molecule has 0 atom stereocenters. The molecule has 0 spiro atoms. The van der Waals surface area contributed by atoms with Crippen LogP contribution in [0, 0.1) is 0 Å². The standard InChI is InChI=1S/C17H18N2O3S2/c20-16(18-6-8-24-12-13-5-7-23-11-13)9-19-14-3-1-2-4-15(14)22-10-17(19)21/h1-5,7,11H,6,8-10,12H2,(H,18,20). The van der Waals surface area contributed by atoms with Gasteiger partial charge in [-0.05, 0) is 34.5 Å². The van der Waals surface area contributed by atoms with Gasteiger partial charge in [-0.15, -0.1) is 0 Å². The number of anilines is 1. The minimum Gasteiger partial charge on any atom is -0.482 e. The number of hydrogen-bond acceptors (Lipinski definition) is 5. The van der Waals surface area contributed by atoms with E-state index in [9.17, 15) is 9.59 Å². The molecular weight excluding hydrogens is 344 g/mol. The maximum Gasteiger partial charge on any atom is 0.265 e. The van der Waals surface area contributed by atoms with Crippen molar-refractivity contribution in [1.82, 2.24) is 5.32 Å². The van der Waals surface area contributed by atoms with Crippen molar-refractivity contribution < 1.29 is 14.3 Å². The van der Waals surface area contributed by atoms with Crippen LogP contribution in [0.1, 0.15) is 5.56 Å². The molecule has 2 aromatic rings. The van der Waals surface area contributed by atoms with Gasteiger partial charge in [0.1, 0.15) is 12.3 Å². The lowest BCUT2D eigenvalue weighted by Crippen LogP contribution is -2.45. The minimum atomic E-state index is -0.198. The van der Waals surface area contributed by atoms with Gasteiger partial charge in [-0.25, -0.2) is 0 Å². The molecule has 0 fully saturated rings. The summed E-state index contributed by atoms with van der Waals surface area (Å²) in [4.78, 5) is 25.6. The van der Waals surface area contributed by atoms with Gasteiger partial charge in [0.25, 0.3) is 5.91 Å². The quantitative estimate of drug-likeness (QED) is 0.769. The number of hydrogen-bond donors (Lipinski definition) is 1. The van der Waals surface area contributed by atoms with Crippen LogP contribution < -0.4 is 15.0 Å². The van der Waals surface area contributed by atoms with Gasteiger partial charge < -0.3 is 10.1 Å². The first kappa shape index (κ1) is 16.9. The van der Waals surface area contributed by atoms with Gasteiger partial charge in [0.2, 0.25) is 5.91 Å². The number of thiophene rings is 1. The van der Waals surface area contributed by atoms with E-state index < -0.39 is 0 Å². The maximum atomic E-state index is 12.1. The van der Waals surface area contributed by atoms with E-state index in [1.807, 2.05) is 12.1 Å². The number of rotatable bonds is 7. The van der Waals surface area contributed by atoms with Crippen molar-refractivity contribution in [3.63, 3.8) is 0 Å². The Bertz CT molecular complexity index is 704.